The van der Waals surface area contributed by atoms with Gasteiger partial charge in [0.15, 0.2) is 34.6 Å². The van der Waals surface area contributed by atoms with E-state index in [9.17, 15) is 39.5 Å². The second-order valence-electron chi connectivity index (χ2n) is 11.5. The van der Waals surface area contributed by atoms with Crippen molar-refractivity contribution in [2.24, 2.45) is 0 Å². The maximum absolute atomic E-state index is 16.9. The van der Waals surface area contributed by atoms with Crippen LogP contribution in [0.2, 0.25) is 0 Å². The highest BCUT2D eigenvalue weighted by molar-refractivity contribution is 6.58. The van der Waals surface area contributed by atoms with E-state index in [-0.39, 0.29) is 61.7 Å². The molecule has 260 valence electrons. The molecule has 1 atom stereocenters. The van der Waals surface area contributed by atoms with Crippen molar-refractivity contribution < 1.29 is 71.3 Å². The van der Waals surface area contributed by atoms with Gasteiger partial charge in [-0.25, -0.2) is 13.2 Å². The van der Waals surface area contributed by atoms with Crippen LogP contribution in [0, 0.1) is 17.5 Å². The molecule has 0 aliphatic carbocycles. The van der Waals surface area contributed by atoms with E-state index in [1.807, 2.05) is 0 Å². The number of nitrogens with zero attached hydrogens (tertiary/aromatic N) is 2. The fourth-order valence-electron chi connectivity index (χ4n) is 6.40. The van der Waals surface area contributed by atoms with Crippen molar-refractivity contribution in [3.8, 4) is 22.8 Å². The Labute approximate surface area is 277 Å². The van der Waals surface area contributed by atoms with Crippen LogP contribution < -0.4 is 24.7 Å². The van der Waals surface area contributed by atoms with Crippen molar-refractivity contribution in [3.05, 3.63) is 130 Å². The van der Waals surface area contributed by atoms with E-state index in [1.165, 1.54) is 48.6 Å². The number of rotatable bonds is 5. The zero-order valence-electron chi connectivity index (χ0n) is 24.9. The lowest BCUT2D eigenvalue weighted by atomic mass is 9.84. The average Bonchev–Trinajstić information content (AvgIpc) is 3.78. The monoisotopic (exact) mass is 723 g/mol. The van der Waals surface area contributed by atoms with Crippen LogP contribution in [0.15, 0.2) is 94.7 Å². The Morgan fingerprint density at radius 3 is 1.82 bits per heavy atom. The molecule has 0 saturated carbocycles. The first-order valence-corrected chi connectivity index (χ1v) is 14.7. The molecular formula is C33H15BF11N2O4+. The topological polar surface area (TPSA) is 46.9 Å². The number of furan rings is 1. The van der Waals surface area contributed by atoms with Gasteiger partial charge in [-0.3, -0.25) is 8.97 Å². The third-order valence-electron chi connectivity index (χ3n) is 8.35. The summed E-state index contributed by atoms with van der Waals surface area (Å²) >= 11 is 0. The Morgan fingerprint density at radius 1 is 0.686 bits per heavy atom. The Bertz CT molecular complexity index is 2400. The fraction of sp³-hybridized carbons (Fsp3) is 0.0909. The molecule has 0 bridgehead atoms. The molecule has 0 N–H and O–H groups in total. The van der Waals surface area contributed by atoms with Crippen molar-refractivity contribution >= 4 is 30.1 Å². The summed E-state index contributed by atoms with van der Waals surface area (Å²) in [5, 5.41) is -0.201. The smallest absolute Gasteiger partial charge is 0.474 e. The molecule has 4 aromatic rings. The van der Waals surface area contributed by atoms with Gasteiger partial charge in [0.05, 0.1) is 12.1 Å². The maximum Gasteiger partial charge on any atom is 0.924 e. The van der Waals surface area contributed by atoms with Crippen molar-refractivity contribution in [2.45, 2.75) is 18.8 Å². The number of benzene rings is 3. The quantitative estimate of drug-likeness (QED) is 0.126. The van der Waals surface area contributed by atoms with Crippen LogP contribution in [-0.2, 0) is 4.74 Å². The molecule has 0 saturated heterocycles. The summed E-state index contributed by atoms with van der Waals surface area (Å²) in [7, 11) is 0. The first-order chi connectivity index (χ1) is 24.0. The minimum atomic E-state index is -4.95. The Balaban J connectivity index is 1.28. The molecule has 5 heterocycles. The highest BCUT2D eigenvalue weighted by atomic mass is 19.4. The molecule has 4 aliphatic heterocycles. The van der Waals surface area contributed by atoms with Gasteiger partial charge in [0.1, 0.15) is 28.6 Å². The first kappa shape index (κ1) is 32.4. The standard InChI is InChI=1S/C33H15BF11N2O4/c35-20-9-17(10-21(36)31(20)37)30-24-13-28-22(11-26(48-28)15-1-5-18(6-2-15)50-32(38,39)40)46(24)34(44,45)47-23-12-27(49-29(23)14-25(30)47)16-3-7-19(8-4-16)51-33(41,42)43/h1-14,28H/q+1. The van der Waals surface area contributed by atoms with Crippen LogP contribution in [0.3, 0.4) is 0 Å². The molecule has 1 aromatic heterocycles. The average molecular weight is 723 g/mol. The van der Waals surface area contributed by atoms with E-state index >= 15 is 8.63 Å². The maximum atomic E-state index is 16.9. The Kier molecular flexibility index (Phi) is 6.89. The molecule has 0 fully saturated rings. The molecule has 18 heteroatoms. The van der Waals surface area contributed by atoms with Gasteiger partial charge >= 0.3 is 19.7 Å². The second kappa shape index (κ2) is 10.8. The number of ether oxygens (including phenoxy) is 3. The third-order valence-corrected chi connectivity index (χ3v) is 8.35. The zero-order valence-corrected chi connectivity index (χ0v) is 24.9. The lowest BCUT2D eigenvalue weighted by molar-refractivity contribution is -0.362. The van der Waals surface area contributed by atoms with Crippen LogP contribution in [-0.4, -0.2) is 36.0 Å². The summed E-state index contributed by atoms with van der Waals surface area (Å²) in [5.74, 6) is -6.02. The molecule has 0 radical (unpaired) electrons. The van der Waals surface area contributed by atoms with Gasteiger partial charge in [-0.2, -0.15) is 0 Å². The number of fused-ring (bicyclic) bond motifs is 4. The molecule has 51 heavy (non-hydrogen) atoms. The number of alkyl halides is 6. The summed E-state index contributed by atoms with van der Waals surface area (Å²) in [6.45, 7) is -4.87. The highest BCUT2D eigenvalue weighted by Gasteiger charge is 2.68. The summed E-state index contributed by atoms with van der Waals surface area (Å²) in [6.07, 6.45) is -7.38. The summed E-state index contributed by atoms with van der Waals surface area (Å²) in [6, 6.07) is 11.4. The van der Waals surface area contributed by atoms with E-state index in [1.54, 1.807) is 0 Å². The number of allylic oxidation sites excluding steroid dienone is 2. The van der Waals surface area contributed by atoms with E-state index < -0.39 is 54.7 Å². The molecule has 8 rings (SSSR count). The van der Waals surface area contributed by atoms with Gasteiger partial charge in [0.25, 0.3) is 0 Å². The minimum absolute atomic E-state index is 0.0153. The van der Waals surface area contributed by atoms with Gasteiger partial charge < -0.3 is 27.3 Å². The largest absolute Gasteiger partial charge is 0.924 e. The van der Waals surface area contributed by atoms with E-state index in [0.29, 0.717) is 21.1 Å². The van der Waals surface area contributed by atoms with Crippen molar-refractivity contribution in [2.75, 3.05) is 0 Å². The predicted molar refractivity (Wildman–Crippen MR) is 156 cm³/mol. The van der Waals surface area contributed by atoms with Crippen LogP contribution in [0.5, 0.6) is 11.5 Å². The second-order valence-corrected chi connectivity index (χ2v) is 11.5. The summed E-state index contributed by atoms with van der Waals surface area (Å²) in [4.78, 5) is 0. The molecule has 6 nitrogen and oxygen atoms in total. The molecule has 3 aromatic carbocycles. The molecule has 0 spiro atoms. The lowest BCUT2D eigenvalue weighted by Gasteiger charge is -2.26. The molecular weight excluding hydrogens is 708 g/mol. The molecule has 4 aliphatic rings. The molecule has 1 unspecified atom stereocenters. The van der Waals surface area contributed by atoms with Crippen molar-refractivity contribution in [3.63, 3.8) is 0 Å². The van der Waals surface area contributed by atoms with Gasteiger partial charge in [-0.15, -0.1) is 26.3 Å². The summed E-state index contributed by atoms with van der Waals surface area (Å²) in [5.41, 5.74) is -0.768. The van der Waals surface area contributed by atoms with Gasteiger partial charge in [-0.1, -0.05) is 0 Å². The van der Waals surface area contributed by atoms with Gasteiger partial charge in [0.2, 0.25) is 16.9 Å². The number of hydrogen-bond acceptors (Lipinski definition) is 4. The van der Waals surface area contributed by atoms with E-state index in [0.717, 1.165) is 24.3 Å². The fourth-order valence-corrected chi connectivity index (χ4v) is 6.40. The van der Waals surface area contributed by atoms with E-state index in [2.05, 4.69) is 9.47 Å². The Morgan fingerprint density at radius 2 is 1.25 bits per heavy atom. The highest BCUT2D eigenvalue weighted by Crippen LogP contribution is 2.44. The number of hydrogen-bond donors (Lipinski definition) is 0. The van der Waals surface area contributed by atoms with Gasteiger partial charge in [-0.05, 0) is 60.7 Å². The predicted octanol–water partition coefficient (Wildman–Crippen LogP) is 7.04. The number of halogens is 11. The van der Waals surface area contributed by atoms with Crippen LogP contribution in [0.4, 0.5) is 48.1 Å². The molecule has 0 amide bonds. The van der Waals surface area contributed by atoms with Crippen LogP contribution in [0.1, 0.15) is 11.1 Å². The Hall–Kier alpha value is -5.81. The first-order valence-electron chi connectivity index (χ1n) is 14.7. The SMILES string of the molecule is Fc1cc(C2=C3C=c4oc(-c5ccc(OC(F)(F)F)cc5)cc4=[N+]3[B-](F)(F)[N+]3=C4C=C(c5ccc(OC(F)(F)F)cc5)OC4C=C23)cc(F)c1F. The van der Waals surface area contributed by atoms with E-state index in [4.69, 9.17) is 9.15 Å². The van der Waals surface area contributed by atoms with Crippen LogP contribution in [0.25, 0.3) is 28.7 Å². The van der Waals surface area contributed by atoms with Crippen molar-refractivity contribution in [1.29, 1.82) is 0 Å². The zero-order chi connectivity index (χ0) is 36.2. The normalized spacial score (nSPS) is 18.8. The van der Waals surface area contributed by atoms with Crippen molar-refractivity contribution in [1.82, 2.24) is 4.49 Å². The third kappa shape index (κ3) is 5.45. The summed E-state index contributed by atoms with van der Waals surface area (Å²) < 4.78 is 173. The lowest BCUT2D eigenvalue weighted by Crippen LogP contribution is -2.59. The van der Waals surface area contributed by atoms with Crippen LogP contribution >= 0.6 is 0 Å². The van der Waals surface area contributed by atoms with Gasteiger partial charge in [0, 0.05) is 28.8 Å². The minimum Gasteiger partial charge on any atom is -0.474 e.